The topological polar surface area (TPSA) is 36.9 Å². The Labute approximate surface area is 80.0 Å². The van der Waals surface area contributed by atoms with Gasteiger partial charge in [-0.15, -0.1) is 0 Å². The highest BCUT2D eigenvalue weighted by Gasteiger charge is 1.96. The van der Waals surface area contributed by atoms with Crippen molar-refractivity contribution in [2.45, 2.75) is 33.8 Å². The Balaban J connectivity index is 2.92. The molecule has 0 N–H and O–H groups in total. The third-order valence-corrected chi connectivity index (χ3v) is 0.995. The average molecular weight is 192 g/mol. The van der Waals surface area contributed by atoms with Gasteiger partial charge in [0.15, 0.2) is 0 Å². The summed E-state index contributed by atoms with van der Waals surface area (Å²) in [6.07, 6.45) is 0.0802. The molecule has 4 heteroatoms. The molecule has 0 amide bonds. The molecule has 0 fully saturated rings. The van der Waals surface area contributed by atoms with Crippen molar-refractivity contribution in [3.05, 3.63) is 0 Å². The highest BCUT2D eigenvalue weighted by molar-refractivity contribution is 4.34. The molecule has 0 heterocycles. The fourth-order valence-corrected chi connectivity index (χ4v) is 0.495. The van der Waals surface area contributed by atoms with Crippen LogP contribution < -0.4 is 0 Å². The lowest BCUT2D eigenvalue weighted by Crippen LogP contribution is -2.10. The third kappa shape index (κ3) is 11.8. The van der Waals surface area contributed by atoms with E-state index >= 15 is 0 Å². The maximum atomic E-state index is 4.87. The second-order valence-corrected chi connectivity index (χ2v) is 3.47. The molecule has 80 valence electrons. The lowest BCUT2D eigenvalue weighted by atomic mass is 10.2. The first-order valence-electron chi connectivity index (χ1n) is 4.65. The lowest BCUT2D eigenvalue weighted by Gasteiger charge is -2.07. The van der Waals surface area contributed by atoms with Crippen molar-refractivity contribution in [1.29, 1.82) is 0 Å². The van der Waals surface area contributed by atoms with Gasteiger partial charge in [0, 0.05) is 0 Å². The molecule has 0 saturated heterocycles. The maximum absolute atomic E-state index is 4.87. The van der Waals surface area contributed by atoms with Gasteiger partial charge in [-0.05, 0) is 19.8 Å². The molecule has 0 aromatic rings. The van der Waals surface area contributed by atoms with Crippen molar-refractivity contribution >= 4 is 0 Å². The van der Waals surface area contributed by atoms with Crippen LogP contribution in [0.3, 0.4) is 0 Å². The van der Waals surface area contributed by atoms with E-state index in [1.165, 1.54) is 0 Å². The van der Waals surface area contributed by atoms with E-state index < -0.39 is 0 Å². The van der Waals surface area contributed by atoms with E-state index in [4.69, 9.17) is 19.6 Å². The zero-order chi connectivity index (χ0) is 10.1. The molecule has 0 aliphatic rings. The Morgan fingerprint density at radius 3 is 2.00 bits per heavy atom. The Bertz CT molecular complexity index is 91.8. The molecule has 0 saturated carbocycles. The second-order valence-electron chi connectivity index (χ2n) is 3.47. The van der Waals surface area contributed by atoms with Crippen LogP contribution in [0.2, 0.25) is 0 Å². The van der Waals surface area contributed by atoms with Gasteiger partial charge in [-0.25, -0.2) is 19.6 Å². The standard InChI is InChI=1S/C9H20O4/c1-8(2)7-12-10-5-6-11-13-9(3)4/h8-9H,5-7H2,1-4H3. The highest BCUT2D eigenvalue weighted by atomic mass is 17.2. The van der Waals surface area contributed by atoms with E-state index in [9.17, 15) is 0 Å². The summed E-state index contributed by atoms with van der Waals surface area (Å²) in [5.41, 5.74) is 0. The molecule has 0 spiro atoms. The fourth-order valence-electron chi connectivity index (χ4n) is 0.495. The van der Waals surface area contributed by atoms with Gasteiger partial charge >= 0.3 is 0 Å². The van der Waals surface area contributed by atoms with E-state index in [-0.39, 0.29) is 6.10 Å². The van der Waals surface area contributed by atoms with Crippen molar-refractivity contribution in [3.8, 4) is 0 Å². The smallest absolute Gasteiger partial charge is 0.109 e. The van der Waals surface area contributed by atoms with Crippen molar-refractivity contribution in [1.82, 2.24) is 0 Å². The summed E-state index contributed by atoms with van der Waals surface area (Å²) in [6.45, 7) is 9.29. The predicted molar refractivity (Wildman–Crippen MR) is 48.9 cm³/mol. The molecule has 4 nitrogen and oxygen atoms in total. The van der Waals surface area contributed by atoms with Gasteiger partial charge in [0.1, 0.15) is 13.2 Å². The van der Waals surface area contributed by atoms with Crippen LogP contribution in [0, 0.1) is 5.92 Å². The van der Waals surface area contributed by atoms with E-state index in [2.05, 4.69) is 13.8 Å². The molecule has 0 aliphatic carbocycles. The van der Waals surface area contributed by atoms with Gasteiger partial charge in [-0.3, -0.25) is 0 Å². The average Bonchev–Trinajstić information content (AvgIpc) is 2.01. The van der Waals surface area contributed by atoms with Crippen LogP contribution in [-0.2, 0) is 19.6 Å². The molecule has 0 radical (unpaired) electrons. The first-order chi connectivity index (χ1) is 6.13. The van der Waals surface area contributed by atoms with Crippen LogP contribution in [0.4, 0.5) is 0 Å². The molecule has 0 aromatic carbocycles. The first kappa shape index (κ1) is 12.8. The van der Waals surface area contributed by atoms with Crippen LogP contribution in [0.15, 0.2) is 0 Å². The number of hydrogen-bond acceptors (Lipinski definition) is 4. The zero-order valence-corrected chi connectivity index (χ0v) is 8.91. The monoisotopic (exact) mass is 192 g/mol. The van der Waals surface area contributed by atoms with E-state index in [1.54, 1.807) is 0 Å². The Morgan fingerprint density at radius 2 is 1.46 bits per heavy atom. The van der Waals surface area contributed by atoms with Crippen molar-refractivity contribution in [2.75, 3.05) is 19.8 Å². The quantitative estimate of drug-likeness (QED) is 0.334. The largest absolute Gasteiger partial charge is 0.236 e. The molecular weight excluding hydrogens is 172 g/mol. The van der Waals surface area contributed by atoms with Gasteiger partial charge < -0.3 is 0 Å². The van der Waals surface area contributed by atoms with Gasteiger partial charge in [0.2, 0.25) is 0 Å². The molecule has 0 bridgehead atoms. The third-order valence-electron chi connectivity index (χ3n) is 0.995. The summed E-state index contributed by atoms with van der Waals surface area (Å²) in [5, 5.41) is 0. The number of hydrogen-bond donors (Lipinski definition) is 0. The second kappa shape index (κ2) is 8.44. The van der Waals surface area contributed by atoms with Gasteiger partial charge in [0.25, 0.3) is 0 Å². The van der Waals surface area contributed by atoms with Gasteiger partial charge in [0.05, 0.1) is 12.7 Å². The minimum absolute atomic E-state index is 0.0802. The van der Waals surface area contributed by atoms with E-state index in [0.29, 0.717) is 25.7 Å². The molecule has 0 aliphatic heterocycles. The van der Waals surface area contributed by atoms with Crippen LogP contribution in [-0.4, -0.2) is 25.9 Å². The molecule has 13 heavy (non-hydrogen) atoms. The Hall–Kier alpha value is -0.160. The van der Waals surface area contributed by atoms with Crippen molar-refractivity contribution < 1.29 is 19.6 Å². The lowest BCUT2D eigenvalue weighted by molar-refractivity contribution is -0.353. The number of rotatable bonds is 8. The van der Waals surface area contributed by atoms with Crippen molar-refractivity contribution in [3.63, 3.8) is 0 Å². The molecule has 0 rings (SSSR count). The first-order valence-corrected chi connectivity index (χ1v) is 4.65. The predicted octanol–water partition coefficient (Wildman–Crippen LogP) is 1.95. The summed E-state index contributed by atoms with van der Waals surface area (Å²) in [6, 6.07) is 0. The Kier molecular flexibility index (Phi) is 8.33. The van der Waals surface area contributed by atoms with E-state index in [0.717, 1.165) is 0 Å². The summed E-state index contributed by atoms with van der Waals surface area (Å²) in [4.78, 5) is 19.3. The molecule has 0 atom stereocenters. The van der Waals surface area contributed by atoms with Crippen LogP contribution in [0.25, 0.3) is 0 Å². The normalized spacial score (nSPS) is 11.5. The SMILES string of the molecule is CC(C)COOCCOOC(C)C. The van der Waals surface area contributed by atoms with E-state index in [1.807, 2.05) is 13.8 Å². The van der Waals surface area contributed by atoms with Crippen molar-refractivity contribution in [2.24, 2.45) is 5.92 Å². The summed E-state index contributed by atoms with van der Waals surface area (Å²) in [7, 11) is 0. The summed E-state index contributed by atoms with van der Waals surface area (Å²) < 4.78 is 0. The van der Waals surface area contributed by atoms with Crippen LogP contribution in [0.1, 0.15) is 27.7 Å². The zero-order valence-electron chi connectivity index (χ0n) is 8.91. The fraction of sp³-hybridized carbons (Fsp3) is 1.00. The molecular formula is C9H20O4. The van der Waals surface area contributed by atoms with Gasteiger partial charge in [-0.2, -0.15) is 0 Å². The van der Waals surface area contributed by atoms with Gasteiger partial charge in [-0.1, -0.05) is 13.8 Å². The highest BCUT2D eigenvalue weighted by Crippen LogP contribution is 1.93. The maximum Gasteiger partial charge on any atom is 0.109 e. The van der Waals surface area contributed by atoms with Crippen LogP contribution in [0.5, 0.6) is 0 Å². The minimum atomic E-state index is 0.0802. The molecule has 0 aromatic heterocycles. The van der Waals surface area contributed by atoms with Crippen LogP contribution >= 0.6 is 0 Å². The Morgan fingerprint density at radius 1 is 0.846 bits per heavy atom. The summed E-state index contributed by atoms with van der Waals surface area (Å²) in [5.74, 6) is 0.479. The molecule has 0 unspecified atom stereocenters. The summed E-state index contributed by atoms with van der Waals surface area (Å²) >= 11 is 0. The minimum Gasteiger partial charge on any atom is -0.236 e.